The lowest BCUT2D eigenvalue weighted by Gasteiger charge is -2.29. The highest BCUT2D eigenvalue weighted by Crippen LogP contribution is 2.34. The molecular formula is C23H30N2O3. The van der Waals surface area contributed by atoms with Crippen molar-refractivity contribution in [1.82, 2.24) is 4.90 Å². The average molecular weight is 383 g/mol. The molecule has 1 atom stereocenters. The van der Waals surface area contributed by atoms with Crippen LogP contribution >= 0.6 is 0 Å². The van der Waals surface area contributed by atoms with Gasteiger partial charge in [-0.2, -0.15) is 0 Å². The third kappa shape index (κ3) is 4.01. The van der Waals surface area contributed by atoms with E-state index in [1.165, 1.54) is 24.8 Å². The molecule has 0 aromatic heterocycles. The maximum atomic E-state index is 12.0. The number of allylic oxidation sites excluding steroid dienone is 2. The Morgan fingerprint density at radius 3 is 2.75 bits per heavy atom. The van der Waals surface area contributed by atoms with E-state index in [1.807, 2.05) is 31.1 Å². The summed E-state index contributed by atoms with van der Waals surface area (Å²) in [4.78, 5) is 13.8. The predicted molar refractivity (Wildman–Crippen MR) is 111 cm³/mol. The van der Waals surface area contributed by atoms with Gasteiger partial charge in [-0.25, -0.2) is 0 Å². The molecule has 1 aromatic carbocycles. The quantitative estimate of drug-likeness (QED) is 0.827. The fourth-order valence-electron chi connectivity index (χ4n) is 4.42. The van der Waals surface area contributed by atoms with Crippen LogP contribution in [0, 0.1) is 0 Å². The van der Waals surface area contributed by atoms with E-state index < -0.39 is 6.23 Å². The largest absolute Gasteiger partial charge is 0.373 e. The Morgan fingerprint density at radius 2 is 2.00 bits per heavy atom. The minimum Gasteiger partial charge on any atom is -0.373 e. The Balaban J connectivity index is 1.65. The number of anilines is 1. The van der Waals surface area contributed by atoms with Gasteiger partial charge in [-0.1, -0.05) is 19.3 Å². The van der Waals surface area contributed by atoms with E-state index in [0.717, 1.165) is 47.2 Å². The van der Waals surface area contributed by atoms with Crippen LogP contribution in [0.4, 0.5) is 5.69 Å². The molecule has 1 unspecified atom stereocenters. The number of benzene rings is 1. The summed E-state index contributed by atoms with van der Waals surface area (Å²) in [5.74, 6) is 0.0784. The number of amides is 1. The second-order valence-electron chi connectivity index (χ2n) is 8.30. The third-order valence-corrected chi connectivity index (χ3v) is 6.07. The van der Waals surface area contributed by atoms with Crippen molar-refractivity contribution in [2.75, 3.05) is 12.4 Å². The molecule has 2 heterocycles. The van der Waals surface area contributed by atoms with E-state index in [9.17, 15) is 9.90 Å². The number of ether oxygens (including phenoxy) is 1. The van der Waals surface area contributed by atoms with Crippen LogP contribution in [-0.2, 0) is 22.6 Å². The maximum Gasteiger partial charge on any atom is 0.224 e. The molecule has 1 saturated carbocycles. The van der Waals surface area contributed by atoms with Gasteiger partial charge < -0.3 is 20.1 Å². The Labute approximate surface area is 167 Å². The smallest absolute Gasteiger partial charge is 0.224 e. The molecule has 1 amide bonds. The molecule has 2 aliphatic heterocycles. The molecule has 0 saturated heterocycles. The van der Waals surface area contributed by atoms with Gasteiger partial charge in [0, 0.05) is 30.9 Å². The highest BCUT2D eigenvalue weighted by molar-refractivity contribution is 5.95. The van der Waals surface area contributed by atoms with Crippen LogP contribution in [0.15, 0.2) is 30.0 Å². The van der Waals surface area contributed by atoms with Gasteiger partial charge in [0.25, 0.3) is 0 Å². The Hall–Kier alpha value is -2.11. The van der Waals surface area contributed by atoms with Gasteiger partial charge in [0.1, 0.15) is 6.23 Å². The molecule has 0 spiro atoms. The Morgan fingerprint density at radius 1 is 1.21 bits per heavy atom. The number of carbonyl (C=O) groups is 1. The SMILES string of the molecule is CC1=CC(c2cc3c(c(COC4CCCCC4)c2)NC(=O)CC3)=CN(C)C1O. The number of hydrogen-bond donors (Lipinski definition) is 2. The minimum absolute atomic E-state index is 0.0784. The average Bonchev–Trinajstić information content (AvgIpc) is 2.70. The summed E-state index contributed by atoms with van der Waals surface area (Å²) in [6.45, 7) is 2.47. The number of nitrogens with zero attached hydrogens (tertiary/aromatic N) is 1. The fraction of sp³-hybridized carbons (Fsp3) is 0.522. The molecule has 1 aliphatic carbocycles. The normalized spacial score (nSPS) is 23.0. The first-order valence-corrected chi connectivity index (χ1v) is 10.4. The molecule has 1 aromatic rings. The number of aliphatic hydroxyl groups excluding tert-OH is 1. The van der Waals surface area contributed by atoms with Crippen LogP contribution in [0.25, 0.3) is 5.57 Å². The van der Waals surface area contributed by atoms with Crippen molar-refractivity contribution < 1.29 is 14.6 Å². The Kier molecular flexibility index (Phi) is 5.56. The van der Waals surface area contributed by atoms with Crippen molar-refractivity contribution in [2.24, 2.45) is 0 Å². The van der Waals surface area contributed by atoms with E-state index in [-0.39, 0.29) is 5.91 Å². The lowest BCUT2D eigenvalue weighted by molar-refractivity contribution is -0.116. The van der Waals surface area contributed by atoms with Crippen molar-refractivity contribution in [3.05, 3.63) is 46.7 Å². The summed E-state index contributed by atoms with van der Waals surface area (Å²) >= 11 is 0. The van der Waals surface area contributed by atoms with Crippen LogP contribution in [0.2, 0.25) is 0 Å². The van der Waals surface area contributed by atoms with Gasteiger partial charge in [0.2, 0.25) is 5.91 Å². The van der Waals surface area contributed by atoms with Gasteiger partial charge in [-0.05, 0) is 66.7 Å². The highest BCUT2D eigenvalue weighted by atomic mass is 16.5. The maximum absolute atomic E-state index is 12.0. The fourth-order valence-corrected chi connectivity index (χ4v) is 4.42. The summed E-state index contributed by atoms with van der Waals surface area (Å²) in [6.07, 6.45) is 11.1. The molecule has 3 aliphatic rings. The monoisotopic (exact) mass is 382 g/mol. The second-order valence-corrected chi connectivity index (χ2v) is 8.30. The van der Waals surface area contributed by atoms with E-state index in [4.69, 9.17) is 4.74 Å². The summed E-state index contributed by atoms with van der Waals surface area (Å²) in [5.41, 5.74) is 6.25. The molecule has 2 N–H and O–H groups in total. The van der Waals surface area contributed by atoms with Gasteiger partial charge in [-0.3, -0.25) is 4.79 Å². The molecule has 0 radical (unpaired) electrons. The summed E-state index contributed by atoms with van der Waals surface area (Å²) in [5, 5.41) is 13.2. The third-order valence-electron chi connectivity index (χ3n) is 6.07. The molecule has 150 valence electrons. The van der Waals surface area contributed by atoms with E-state index in [1.54, 1.807) is 0 Å². The van der Waals surface area contributed by atoms with Gasteiger partial charge in [-0.15, -0.1) is 0 Å². The van der Waals surface area contributed by atoms with Crippen molar-refractivity contribution in [3.63, 3.8) is 0 Å². The molecule has 5 nitrogen and oxygen atoms in total. The zero-order valence-corrected chi connectivity index (χ0v) is 16.8. The van der Waals surface area contributed by atoms with Gasteiger partial charge >= 0.3 is 0 Å². The molecule has 1 fully saturated rings. The number of aryl methyl sites for hydroxylation is 1. The number of nitrogens with one attached hydrogen (secondary N) is 1. The van der Waals surface area contributed by atoms with Crippen LogP contribution in [0.3, 0.4) is 0 Å². The van der Waals surface area contributed by atoms with E-state index in [2.05, 4.69) is 17.4 Å². The van der Waals surface area contributed by atoms with Crippen LogP contribution < -0.4 is 5.32 Å². The van der Waals surface area contributed by atoms with Crippen LogP contribution in [0.5, 0.6) is 0 Å². The lowest BCUT2D eigenvalue weighted by atomic mass is 9.92. The topological polar surface area (TPSA) is 61.8 Å². The Bertz CT molecular complexity index is 821. The van der Waals surface area contributed by atoms with Crippen molar-refractivity contribution in [3.8, 4) is 0 Å². The number of likely N-dealkylation sites (N-methyl/N-ethyl adjacent to an activating group) is 1. The van der Waals surface area contributed by atoms with Crippen molar-refractivity contribution >= 4 is 17.2 Å². The number of hydrogen-bond acceptors (Lipinski definition) is 4. The number of rotatable bonds is 4. The molecule has 28 heavy (non-hydrogen) atoms. The molecule has 5 heteroatoms. The first kappa shape index (κ1) is 19.2. The van der Waals surface area contributed by atoms with Crippen molar-refractivity contribution in [2.45, 2.75) is 70.8 Å². The van der Waals surface area contributed by atoms with E-state index in [0.29, 0.717) is 19.1 Å². The van der Waals surface area contributed by atoms with Crippen molar-refractivity contribution in [1.29, 1.82) is 0 Å². The van der Waals surface area contributed by atoms with E-state index >= 15 is 0 Å². The predicted octanol–water partition coefficient (Wildman–Crippen LogP) is 3.97. The zero-order valence-electron chi connectivity index (χ0n) is 16.8. The first-order valence-electron chi connectivity index (χ1n) is 10.4. The van der Waals surface area contributed by atoms with Gasteiger partial charge in [0.15, 0.2) is 0 Å². The van der Waals surface area contributed by atoms with Gasteiger partial charge in [0.05, 0.1) is 12.7 Å². The standard InChI is InChI=1S/C23H30N2O3/c1-15-10-18(13-25(2)23(15)27)17-11-16-8-9-21(26)24-22(16)19(12-17)14-28-20-6-4-3-5-7-20/h10-13,20,23,27H,3-9,14H2,1-2H3,(H,24,26). The minimum atomic E-state index is -0.574. The second kappa shape index (κ2) is 8.10. The summed E-state index contributed by atoms with van der Waals surface area (Å²) < 4.78 is 6.24. The molecule has 0 bridgehead atoms. The van der Waals surface area contributed by atoms with Crippen LogP contribution in [-0.4, -0.2) is 35.3 Å². The number of carbonyl (C=O) groups excluding carboxylic acids is 1. The summed E-state index contributed by atoms with van der Waals surface area (Å²) in [7, 11) is 1.88. The number of fused-ring (bicyclic) bond motifs is 1. The number of aliphatic hydroxyl groups is 1. The van der Waals surface area contributed by atoms with Crippen LogP contribution in [0.1, 0.15) is 62.1 Å². The molecule has 4 rings (SSSR count). The lowest BCUT2D eigenvalue weighted by Crippen LogP contribution is -2.30. The molecular weight excluding hydrogens is 352 g/mol. The zero-order chi connectivity index (χ0) is 19.7. The first-order chi connectivity index (χ1) is 13.5. The highest BCUT2D eigenvalue weighted by Gasteiger charge is 2.23. The summed E-state index contributed by atoms with van der Waals surface area (Å²) in [6, 6.07) is 4.30.